The molecule has 0 spiro atoms. The molecule has 0 radical (unpaired) electrons. The first-order valence-electron chi connectivity index (χ1n) is 5.99. The highest BCUT2D eigenvalue weighted by atomic mass is 19.1. The third-order valence-corrected chi connectivity index (χ3v) is 2.75. The maximum absolute atomic E-state index is 13.4. The number of aromatic nitrogens is 1. The second-order valence-electron chi connectivity index (χ2n) is 4.29. The molecule has 0 aliphatic carbocycles. The smallest absolute Gasteiger partial charge is 0.224 e. The summed E-state index contributed by atoms with van der Waals surface area (Å²) in [5.74, 6) is 0.568. The highest BCUT2D eigenvalue weighted by molar-refractivity contribution is 5.78. The van der Waals surface area contributed by atoms with E-state index in [0.29, 0.717) is 17.2 Å². The van der Waals surface area contributed by atoms with Crippen LogP contribution in [0.4, 0.5) is 4.39 Å². The first-order chi connectivity index (χ1) is 9.06. The molecule has 0 bridgehead atoms. The van der Waals surface area contributed by atoms with Crippen LogP contribution in [0.3, 0.4) is 0 Å². The topological polar surface area (TPSA) is 55.1 Å². The van der Waals surface area contributed by atoms with Crippen molar-refractivity contribution in [1.29, 1.82) is 0 Å². The van der Waals surface area contributed by atoms with Gasteiger partial charge in [-0.1, -0.05) is 18.2 Å². The molecular weight excluding hydrogens is 247 g/mol. The van der Waals surface area contributed by atoms with Crippen molar-refractivity contribution in [2.75, 3.05) is 0 Å². The third-order valence-electron chi connectivity index (χ3n) is 2.75. The Hall–Kier alpha value is -2.17. The molecule has 0 saturated carbocycles. The quantitative estimate of drug-likeness (QED) is 0.919. The number of nitrogens with zero attached hydrogens (tertiary/aromatic N) is 1. The number of amides is 1. The second-order valence-corrected chi connectivity index (χ2v) is 4.29. The van der Waals surface area contributed by atoms with E-state index in [1.807, 2.05) is 6.92 Å². The summed E-state index contributed by atoms with van der Waals surface area (Å²) in [5.41, 5.74) is 1.13. The molecular formula is C14H15FN2O2. The van der Waals surface area contributed by atoms with Crippen molar-refractivity contribution in [1.82, 2.24) is 10.3 Å². The van der Waals surface area contributed by atoms with E-state index in [1.165, 1.54) is 6.07 Å². The summed E-state index contributed by atoms with van der Waals surface area (Å²) in [6.07, 6.45) is 0.0127. The predicted molar refractivity (Wildman–Crippen MR) is 67.9 cm³/mol. The SMILES string of the molecule is Cc1nc(C)c(CNC(=O)Cc2ccccc2F)o1. The average molecular weight is 262 g/mol. The number of halogens is 1. The monoisotopic (exact) mass is 262 g/mol. The van der Waals surface area contributed by atoms with Crippen LogP contribution >= 0.6 is 0 Å². The van der Waals surface area contributed by atoms with Crippen LogP contribution in [0, 0.1) is 19.7 Å². The zero-order chi connectivity index (χ0) is 13.8. The average Bonchev–Trinajstić information content (AvgIpc) is 2.68. The molecule has 0 aliphatic rings. The van der Waals surface area contributed by atoms with Crippen LogP contribution in [-0.4, -0.2) is 10.9 Å². The number of oxazole rings is 1. The molecule has 0 atom stereocenters. The molecule has 1 aromatic carbocycles. The molecule has 1 N–H and O–H groups in total. The lowest BCUT2D eigenvalue weighted by Crippen LogP contribution is -2.25. The highest BCUT2D eigenvalue weighted by Gasteiger charge is 2.10. The molecule has 1 heterocycles. The van der Waals surface area contributed by atoms with E-state index < -0.39 is 0 Å². The molecule has 100 valence electrons. The molecule has 5 heteroatoms. The van der Waals surface area contributed by atoms with Crippen molar-refractivity contribution in [2.24, 2.45) is 0 Å². The Labute approximate surface area is 110 Å². The van der Waals surface area contributed by atoms with Gasteiger partial charge in [0.25, 0.3) is 0 Å². The molecule has 1 aromatic heterocycles. The number of rotatable bonds is 4. The number of hydrogen-bond donors (Lipinski definition) is 1. The van der Waals surface area contributed by atoms with Gasteiger partial charge in [0.1, 0.15) is 11.6 Å². The molecule has 0 saturated heterocycles. The standard InChI is InChI=1S/C14H15FN2O2/c1-9-13(19-10(2)17-9)8-16-14(18)7-11-5-3-4-6-12(11)15/h3-6H,7-8H2,1-2H3,(H,16,18). The van der Waals surface area contributed by atoms with Crippen molar-refractivity contribution in [2.45, 2.75) is 26.8 Å². The van der Waals surface area contributed by atoms with Gasteiger partial charge >= 0.3 is 0 Å². The van der Waals surface area contributed by atoms with Gasteiger partial charge in [0, 0.05) is 6.92 Å². The van der Waals surface area contributed by atoms with Gasteiger partial charge in [0.15, 0.2) is 5.89 Å². The fourth-order valence-corrected chi connectivity index (χ4v) is 1.79. The van der Waals surface area contributed by atoms with Gasteiger partial charge in [-0.05, 0) is 18.6 Å². The lowest BCUT2D eigenvalue weighted by Gasteiger charge is -2.04. The molecule has 2 aromatic rings. The molecule has 4 nitrogen and oxygen atoms in total. The van der Waals surface area contributed by atoms with Crippen LogP contribution in [0.15, 0.2) is 28.7 Å². The van der Waals surface area contributed by atoms with Gasteiger partial charge in [-0.3, -0.25) is 4.79 Å². The van der Waals surface area contributed by atoms with E-state index in [1.54, 1.807) is 25.1 Å². The first-order valence-corrected chi connectivity index (χ1v) is 5.99. The molecule has 0 unspecified atom stereocenters. The Kier molecular flexibility index (Phi) is 3.94. The maximum atomic E-state index is 13.4. The molecule has 19 heavy (non-hydrogen) atoms. The minimum atomic E-state index is -0.371. The first kappa shape index (κ1) is 13.3. The van der Waals surface area contributed by atoms with Crippen LogP contribution in [0.1, 0.15) is 22.9 Å². The van der Waals surface area contributed by atoms with Gasteiger partial charge in [-0.25, -0.2) is 9.37 Å². The van der Waals surface area contributed by atoms with Gasteiger partial charge in [0.2, 0.25) is 5.91 Å². The minimum Gasteiger partial charge on any atom is -0.444 e. The van der Waals surface area contributed by atoms with Gasteiger partial charge < -0.3 is 9.73 Å². The van der Waals surface area contributed by atoms with Crippen LogP contribution in [0.2, 0.25) is 0 Å². The van der Waals surface area contributed by atoms with Crippen molar-refractivity contribution < 1.29 is 13.6 Å². The van der Waals surface area contributed by atoms with Crippen LogP contribution in [0.5, 0.6) is 0 Å². The normalized spacial score (nSPS) is 10.5. The lowest BCUT2D eigenvalue weighted by atomic mass is 10.1. The number of carbonyl (C=O) groups excluding carboxylic acids is 1. The third kappa shape index (κ3) is 3.40. The van der Waals surface area contributed by atoms with Crippen molar-refractivity contribution in [3.05, 3.63) is 53.0 Å². The summed E-state index contributed by atoms with van der Waals surface area (Å²) in [5, 5.41) is 2.69. The molecule has 1 amide bonds. The Balaban J connectivity index is 1.92. The Bertz CT molecular complexity index is 593. The van der Waals surface area contributed by atoms with Gasteiger partial charge in [-0.2, -0.15) is 0 Å². The van der Waals surface area contributed by atoms with E-state index in [4.69, 9.17) is 4.42 Å². The highest BCUT2D eigenvalue weighted by Crippen LogP contribution is 2.10. The number of nitrogens with one attached hydrogen (secondary N) is 1. The molecule has 2 rings (SSSR count). The summed E-state index contributed by atoms with van der Waals surface area (Å²) in [7, 11) is 0. The second kappa shape index (κ2) is 5.65. The fraction of sp³-hybridized carbons (Fsp3) is 0.286. The van der Waals surface area contributed by atoms with Crippen LogP contribution < -0.4 is 5.32 Å². The summed E-state index contributed by atoms with van der Waals surface area (Å²) >= 11 is 0. The van der Waals surface area contributed by atoms with E-state index >= 15 is 0 Å². The summed E-state index contributed by atoms with van der Waals surface area (Å²) in [4.78, 5) is 15.8. The molecule has 0 fully saturated rings. The van der Waals surface area contributed by atoms with Crippen LogP contribution in [0.25, 0.3) is 0 Å². The lowest BCUT2D eigenvalue weighted by molar-refractivity contribution is -0.120. The summed E-state index contributed by atoms with van der Waals surface area (Å²) < 4.78 is 18.7. The van der Waals surface area contributed by atoms with Crippen molar-refractivity contribution in [3.63, 3.8) is 0 Å². The van der Waals surface area contributed by atoms with Crippen molar-refractivity contribution in [3.8, 4) is 0 Å². The predicted octanol–water partition coefficient (Wildman–Crippen LogP) is 2.29. The number of carbonyl (C=O) groups is 1. The van der Waals surface area contributed by atoms with E-state index in [2.05, 4.69) is 10.3 Å². The Morgan fingerprint density at radius 3 is 2.74 bits per heavy atom. The summed E-state index contributed by atoms with van der Waals surface area (Å²) in [6.45, 7) is 3.83. The Morgan fingerprint density at radius 2 is 2.11 bits per heavy atom. The number of benzene rings is 1. The minimum absolute atomic E-state index is 0.0127. The fourth-order valence-electron chi connectivity index (χ4n) is 1.79. The molecule has 0 aliphatic heterocycles. The Morgan fingerprint density at radius 1 is 1.37 bits per heavy atom. The maximum Gasteiger partial charge on any atom is 0.224 e. The number of hydrogen-bond acceptors (Lipinski definition) is 3. The largest absolute Gasteiger partial charge is 0.444 e. The van der Waals surface area contributed by atoms with E-state index in [-0.39, 0.29) is 24.7 Å². The number of aryl methyl sites for hydroxylation is 2. The van der Waals surface area contributed by atoms with E-state index in [0.717, 1.165) is 5.69 Å². The van der Waals surface area contributed by atoms with E-state index in [9.17, 15) is 9.18 Å². The van der Waals surface area contributed by atoms with Gasteiger partial charge in [-0.15, -0.1) is 0 Å². The van der Waals surface area contributed by atoms with Crippen molar-refractivity contribution >= 4 is 5.91 Å². The zero-order valence-corrected chi connectivity index (χ0v) is 10.9. The van der Waals surface area contributed by atoms with Crippen LogP contribution in [-0.2, 0) is 17.8 Å². The zero-order valence-electron chi connectivity index (χ0n) is 10.9. The summed E-state index contributed by atoms with van der Waals surface area (Å²) in [6, 6.07) is 6.23. The van der Waals surface area contributed by atoms with Gasteiger partial charge in [0.05, 0.1) is 18.7 Å².